The molecule has 2 amide bonds. The lowest BCUT2D eigenvalue weighted by atomic mass is 9.92. The third-order valence-corrected chi connectivity index (χ3v) is 16.2. The summed E-state index contributed by atoms with van der Waals surface area (Å²) in [7, 11) is 7.65. The number of hydrogen-bond acceptors (Lipinski definition) is 10. The third-order valence-electron chi connectivity index (χ3n) is 15.4. The number of amides is 2. The average molecular weight is 1230 g/mol. The average Bonchev–Trinajstić information content (AvgIpc) is 3.04. The predicted octanol–water partition coefficient (Wildman–Crippen LogP) is 14.7. The number of ether oxygens (including phenoxy) is 4. The minimum atomic E-state index is -0.679. The van der Waals surface area contributed by atoms with E-state index in [0.717, 1.165) is 101 Å². The molecule has 18 nitrogen and oxygen atoms in total. The first-order valence-electron chi connectivity index (χ1n) is 27.0. The number of hydrogen-bond donors (Lipinski definition) is 6. The van der Waals surface area contributed by atoms with Gasteiger partial charge in [-0.15, -0.1) is 0 Å². The van der Waals surface area contributed by atoms with E-state index in [4.69, 9.17) is 92.4 Å². The van der Waals surface area contributed by atoms with Crippen LogP contribution in [0.15, 0.2) is 121 Å². The van der Waals surface area contributed by atoms with Crippen molar-refractivity contribution in [1.82, 2.24) is 18.3 Å². The minimum absolute atomic E-state index is 0.364. The number of nitrogens with one attached hydrogen (secondary N) is 4. The highest BCUT2D eigenvalue weighted by molar-refractivity contribution is 7.81. The number of nitrogens with two attached hydrogens (primary N) is 2. The summed E-state index contributed by atoms with van der Waals surface area (Å²) in [6.07, 6.45) is -0.866. The van der Waals surface area contributed by atoms with Gasteiger partial charge in [0.25, 0.3) is 10.3 Å². The van der Waals surface area contributed by atoms with Crippen LogP contribution in [0.2, 0.25) is 0 Å². The molecule has 8 N–H and O–H groups in total. The van der Waals surface area contributed by atoms with E-state index in [1.54, 1.807) is 6.07 Å². The summed E-state index contributed by atoms with van der Waals surface area (Å²) in [5.41, 5.74) is 26.4. The SMILES string of the molecule is Cn1c(C(N)=S)ccc1-c1ccc2c(c1)C(C)(C)OC(=O)N2.Cn1c(C(N)=S)ccc1-c1ccc2c(c1)C(C)(C)OC(=S)N2.[C-]#[N+]c1ccc(-c2ccc3c(c2)C(C)(C)OC(=O)N3)n1C.[C-]#[N+]c1ccc(-c2ccc3c(c2)C(C)(C)OC(=S)N3)n1C. The summed E-state index contributed by atoms with van der Waals surface area (Å²) in [4.78, 5) is 30.8. The fourth-order valence-corrected chi connectivity index (χ4v) is 11.9. The van der Waals surface area contributed by atoms with Gasteiger partial charge in [0.05, 0.1) is 36.9 Å². The van der Waals surface area contributed by atoms with Crippen LogP contribution in [0.3, 0.4) is 0 Å². The van der Waals surface area contributed by atoms with E-state index in [1.807, 2.05) is 199 Å². The van der Waals surface area contributed by atoms with Gasteiger partial charge in [0.2, 0.25) is 11.6 Å². The standard InChI is InChI=1S/C16H17N3O2S.C16H15N3O2.C16H17N3OS2.C16H15N3OS/c1-16(2)10-8-9(4-5-11(10)18-15(20)21-16)12-6-7-13(14(17)22)19(12)3;1-16(2)11-9-10(5-6-12(11)18-15(20)21-16)13-7-8-14(17-3)19(13)4;1-16(2)10-8-9(4-5-11(10)18-15(22)20-16)12-6-7-13(14(17)21)19(12)3;1-16(2)11-9-10(5-6-12(11)18-15(21)20-16)13-7-8-14(17-3)19(13)4/h4-8H,1-3H3,(H2,17,22)(H,18,20);5-9H,1-2,4H3,(H,18,20);4-8H,1-3H3,(H2,17,21)(H,18,22);5-9H,1-2,4H3,(H,18,21). The van der Waals surface area contributed by atoms with Crippen molar-refractivity contribution >= 4 is 116 Å². The molecule has 0 atom stereocenters. The van der Waals surface area contributed by atoms with Crippen LogP contribution in [0, 0.1) is 13.1 Å². The van der Waals surface area contributed by atoms with Crippen LogP contribution in [0.4, 0.5) is 44.0 Å². The lowest BCUT2D eigenvalue weighted by molar-refractivity contribution is 0.0412. The number of thiocarbonyl (C=S) groups is 4. The smallest absolute Gasteiger partial charge is 0.412 e. The van der Waals surface area contributed by atoms with E-state index in [2.05, 4.69) is 49.2 Å². The van der Waals surface area contributed by atoms with Crippen molar-refractivity contribution in [3.63, 3.8) is 0 Å². The second kappa shape index (κ2) is 23.3. The minimum Gasteiger partial charge on any atom is -0.460 e. The third kappa shape index (κ3) is 12.1. The Hall–Kier alpha value is -9.32. The van der Waals surface area contributed by atoms with E-state index in [1.165, 1.54) is 0 Å². The van der Waals surface area contributed by atoms with Crippen LogP contribution < -0.4 is 32.7 Å². The monoisotopic (exact) mass is 1220 g/mol. The molecule has 0 spiro atoms. The molecule has 0 aliphatic carbocycles. The van der Waals surface area contributed by atoms with Crippen molar-refractivity contribution < 1.29 is 28.5 Å². The van der Waals surface area contributed by atoms with E-state index in [0.29, 0.717) is 32.0 Å². The van der Waals surface area contributed by atoms with Crippen LogP contribution in [0.1, 0.15) is 89.0 Å². The van der Waals surface area contributed by atoms with Gasteiger partial charge in [-0.25, -0.2) is 9.59 Å². The summed E-state index contributed by atoms with van der Waals surface area (Å²) in [6.45, 7) is 29.8. The number of anilines is 4. The molecule has 440 valence electrons. The molecule has 86 heavy (non-hydrogen) atoms. The second-order valence-electron chi connectivity index (χ2n) is 22.7. The molecule has 0 radical (unpaired) electrons. The number of aromatic nitrogens is 4. The van der Waals surface area contributed by atoms with Gasteiger partial charge in [-0.1, -0.05) is 49.7 Å². The van der Waals surface area contributed by atoms with Crippen LogP contribution in [0.5, 0.6) is 0 Å². The topological polar surface area (TPSA) is 200 Å². The Morgan fingerprint density at radius 1 is 0.419 bits per heavy atom. The van der Waals surface area contributed by atoms with Crippen molar-refractivity contribution in [3.05, 3.63) is 178 Å². The van der Waals surface area contributed by atoms with Crippen LogP contribution in [-0.4, -0.2) is 50.8 Å². The van der Waals surface area contributed by atoms with E-state index in [-0.39, 0.29) is 0 Å². The Labute approximate surface area is 521 Å². The van der Waals surface area contributed by atoms with Crippen LogP contribution in [-0.2, 0) is 69.5 Å². The quantitative estimate of drug-likeness (QED) is 0.0679. The normalized spacial score (nSPS) is 15.7. The number of rotatable bonds is 6. The second-order valence-corrected chi connectivity index (χ2v) is 24.3. The molecule has 0 unspecified atom stereocenters. The Morgan fingerprint density at radius 3 is 0.953 bits per heavy atom. The van der Waals surface area contributed by atoms with Gasteiger partial charge in [-0.05, 0) is 200 Å². The maximum atomic E-state index is 11.6. The Balaban J connectivity index is 0.000000137. The van der Waals surface area contributed by atoms with E-state index >= 15 is 0 Å². The molecule has 0 bridgehead atoms. The fraction of sp³-hybridized carbons (Fsp3) is 0.250. The first-order valence-corrected chi connectivity index (χ1v) is 28.6. The summed E-state index contributed by atoms with van der Waals surface area (Å²) >= 11 is 20.4. The summed E-state index contributed by atoms with van der Waals surface area (Å²) in [6, 6.07) is 39.3. The zero-order valence-corrected chi connectivity index (χ0v) is 52.7. The van der Waals surface area contributed by atoms with Gasteiger partial charge in [0.15, 0.2) is 0 Å². The Morgan fingerprint density at radius 2 is 0.686 bits per heavy atom. The van der Waals surface area contributed by atoms with Crippen molar-refractivity contribution in [1.29, 1.82) is 0 Å². The Bertz CT molecular complexity index is 3950. The number of cyclic esters (lactones) is 2. The van der Waals surface area contributed by atoms with Gasteiger partial charge in [-0.2, -0.15) is 0 Å². The van der Waals surface area contributed by atoms with Crippen LogP contribution >= 0.6 is 48.9 Å². The zero-order chi connectivity index (χ0) is 62.5. The lowest BCUT2D eigenvalue weighted by Gasteiger charge is -2.34. The molecule has 12 rings (SSSR count). The number of nitrogens with zero attached hydrogens (tertiary/aromatic N) is 6. The Kier molecular flexibility index (Phi) is 16.6. The molecule has 0 fully saturated rings. The summed E-state index contributed by atoms with van der Waals surface area (Å²) in [5.74, 6) is 1.21. The van der Waals surface area contributed by atoms with Gasteiger partial charge in [-0.3, -0.25) is 19.8 Å². The molecule has 4 aliphatic rings. The highest BCUT2D eigenvalue weighted by Gasteiger charge is 2.37. The van der Waals surface area contributed by atoms with E-state index in [9.17, 15) is 9.59 Å². The first kappa shape index (κ1) is 61.2. The molecule has 4 aliphatic heterocycles. The largest absolute Gasteiger partial charge is 0.460 e. The van der Waals surface area contributed by atoms with Crippen molar-refractivity contribution in [2.24, 2.45) is 39.7 Å². The zero-order valence-electron chi connectivity index (χ0n) is 49.5. The number of benzene rings is 4. The molecule has 8 aromatic rings. The lowest BCUT2D eigenvalue weighted by Crippen LogP contribution is -2.34. The molecule has 0 saturated heterocycles. The van der Waals surface area contributed by atoms with Gasteiger partial charge < -0.3 is 59.9 Å². The fourth-order valence-electron chi connectivity index (χ4n) is 10.8. The molecule has 8 heterocycles. The number of carbonyl (C=O) groups is 2. The van der Waals surface area contributed by atoms with Gasteiger partial charge >= 0.3 is 12.2 Å². The van der Waals surface area contributed by atoms with Crippen molar-refractivity contribution in [2.45, 2.75) is 77.8 Å². The highest BCUT2D eigenvalue weighted by Crippen LogP contribution is 2.43. The van der Waals surface area contributed by atoms with E-state index < -0.39 is 34.6 Å². The van der Waals surface area contributed by atoms with Crippen LogP contribution in [0.25, 0.3) is 54.7 Å². The molecule has 4 aromatic heterocycles. The first-order chi connectivity index (χ1) is 40.4. The molecule has 22 heteroatoms. The van der Waals surface area contributed by atoms with Gasteiger partial charge in [0.1, 0.15) is 43.8 Å². The molecular formula is C64H64N12O6S4. The molecule has 4 aromatic carbocycles. The molecule has 0 saturated carbocycles. The van der Waals surface area contributed by atoms with Crippen molar-refractivity contribution in [2.75, 3.05) is 21.3 Å². The van der Waals surface area contributed by atoms with Crippen molar-refractivity contribution in [3.8, 4) is 45.0 Å². The maximum absolute atomic E-state index is 11.6. The summed E-state index contributed by atoms with van der Waals surface area (Å²) < 4.78 is 29.9. The number of carbonyl (C=O) groups excluding carboxylic acids is 2. The summed E-state index contributed by atoms with van der Waals surface area (Å²) in [5, 5.41) is 12.4. The predicted molar refractivity (Wildman–Crippen MR) is 355 cm³/mol. The maximum Gasteiger partial charge on any atom is 0.412 e. The molecular weight excluding hydrogens is 1160 g/mol. The number of fused-ring (bicyclic) bond motifs is 4. The van der Waals surface area contributed by atoms with Gasteiger partial charge in [0, 0.05) is 70.2 Å². The highest BCUT2D eigenvalue weighted by atomic mass is 32.1.